The molecule has 1 N–H and O–H groups in total. The van der Waals surface area contributed by atoms with Crippen molar-refractivity contribution < 1.29 is 14.4 Å². The van der Waals surface area contributed by atoms with E-state index in [0.717, 1.165) is 21.6 Å². The van der Waals surface area contributed by atoms with E-state index in [1.54, 1.807) is 30.3 Å². The highest BCUT2D eigenvalue weighted by molar-refractivity contribution is 6.35. The average Bonchev–Trinajstić information content (AvgIpc) is 3.21. The first kappa shape index (κ1) is 23.0. The van der Waals surface area contributed by atoms with Crippen LogP contribution in [0.5, 0.6) is 0 Å². The first-order chi connectivity index (χ1) is 15.9. The van der Waals surface area contributed by atoms with Gasteiger partial charge in [-0.15, -0.1) is 0 Å². The molecule has 168 valence electrons. The van der Waals surface area contributed by atoms with Gasteiger partial charge >= 0.3 is 6.03 Å². The molecule has 1 saturated heterocycles. The van der Waals surface area contributed by atoms with Crippen molar-refractivity contribution in [2.45, 2.75) is 31.7 Å². The Labute approximate surface area is 202 Å². The number of nitrogens with one attached hydrogen (secondary N) is 1. The van der Waals surface area contributed by atoms with Crippen LogP contribution in [0.3, 0.4) is 0 Å². The van der Waals surface area contributed by atoms with Gasteiger partial charge in [0.05, 0.1) is 0 Å². The predicted octanol–water partition coefficient (Wildman–Crippen LogP) is 6.39. The minimum absolute atomic E-state index is 0.165. The number of hydrogen-bond acceptors (Lipinski definition) is 3. The molecule has 0 spiro atoms. The fraction of sp³-hybridized carbons (Fsp3) is 0.192. The zero-order valence-corrected chi connectivity index (χ0v) is 19.3. The van der Waals surface area contributed by atoms with Crippen molar-refractivity contribution in [3.05, 3.63) is 88.4 Å². The average molecular weight is 481 g/mol. The Hall–Kier alpha value is -3.15. The third-order valence-electron chi connectivity index (χ3n) is 5.70. The van der Waals surface area contributed by atoms with E-state index in [9.17, 15) is 14.4 Å². The number of carbonyl (C=O) groups is 3. The predicted molar refractivity (Wildman–Crippen MR) is 131 cm³/mol. The summed E-state index contributed by atoms with van der Waals surface area (Å²) in [6, 6.07) is 21.0. The SMILES string of the molecule is O=C(CCc1ccc(Cl)cc1Cl)[C@@H]1CCC(=O)N1C(=O)Nc1ccc(-c2ccccc2)cc1. The summed E-state index contributed by atoms with van der Waals surface area (Å²) < 4.78 is 0. The maximum atomic E-state index is 12.9. The molecule has 3 aromatic rings. The third kappa shape index (κ3) is 5.44. The quantitative estimate of drug-likeness (QED) is 0.444. The maximum Gasteiger partial charge on any atom is 0.329 e. The summed E-state index contributed by atoms with van der Waals surface area (Å²) in [5.74, 6) is -0.516. The number of Topliss-reactive ketones (excluding diaryl/α,β-unsaturated/α-hetero) is 1. The molecule has 0 bridgehead atoms. The van der Waals surface area contributed by atoms with Crippen LogP contribution in [-0.2, 0) is 16.0 Å². The van der Waals surface area contributed by atoms with Crippen molar-refractivity contribution in [2.24, 2.45) is 0 Å². The Morgan fingerprint density at radius 3 is 2.33 bits per heavy atom. The fourth-order valence-electron chi connectivity index (χ4n) is 3.95. The number of imide groups is 1. The number of anilines is 1. The van der Waals surface area contributed by atoms with E-state index in [1.165, 1.54) is 0 Å². The number of nitrogens with zero attached hydrogens (tertiary/aromatic N) is 1. The van der Waals surface area contributed by atoms with E-state index in [0.29, 0.717) is 28.6 Å². The number of benzene rings is 3. The Bertz CT molecular complexity index is 1180. The maximum absolute atomic E-state index is 12.9. The van der Waals surface area contributed by atoms with Crippen LogP contribution in [0.15, 0.2) is 72.8 Å². The summed E-state index contributed by atoms with van der Waals surface area (Å²) in [6.45, 7) is 0. The second-order valence-corrected chi connectivity index (χ2v) is 8.74. The Kier molecular flexibility index (Phi) is 7.11. The van der Waals surface area contributed by atoms with E-state index < -0.39 is 12.1 Å². The molecule has 5 nitrogen and oxygen atoms in total. The van der Waals surface area contributed by atoms with Gasteiger partial charge in [-0.2, -0.15) is 0 Å². The molecule has 0 unspecified atom stereocenters. The van der Waals surface area contributed by atoms with Crippen LogP contribution < -0.4 is 5.32 Å². The fourth-order valence-corrected chi connectivity index (χ4v) is 4.46. The molecule has 1 heterocycles. The lowest BCUT2D eigenvalue weighted by atomic mass is 10.0. The van der Waals surface area contributed by atoms with Crippen molar-refractivity contribution >= 4 is 46.6 Å². The summed E-state index contributed by atoms with van der Waals surface area (Å²) >= 11 is 12.1. The van der Waals surface area contributed by atoms with Gasteiger partial charge in [-0.05, 0) is 53.8 Å². The van der Waals surface area contributed by atoms with Crippen LogP contribution in [0.1, 0.15) is 24.8 Å². The molecule has 1 aliphatic rings. The van der Waals surface area contributed by atoms with E-state index >= 15 is 0 Å². The number of amides is 3. The highest BCUT2D eigenvalue weighted by Crippen LogP contribution is 2.26. The number of rotatable bonds is 6. The minimum atomic E-state index is -0.771. The van der Waals surface area contributed by atoms with E-state index in [1.807, 2.05) is 42.5 Å². The summed E-state index contributed by atoms with van der Waals surface area (Å²) in [6.07, 6.45) is 1.08. The number of carbonyl (C=O) groups excluding carboxylic acids is 3. The largest absolute Gasteiger partial charge is 0.329 e. The molecule has 4 rings (SSSR count). The van der Waals surface area contributed by atoms with Crippen LogP contribution >= 0.6 is 23.2 Å². The lowest BCUT2D eigenvalue weighted by Gasteiger charge is -2.22. The Morgan fingerprint density at radius 1 is 0.939 bits per heavy atom. The van der Waals surface area contributed by atoms with Crippen LogP contribution in [0.25, 0.3) is 11.1 Å². The highest BCUT2D eigenvalue weighted by atomic mass is 35.5. The molecule has 33 heavy (non-hydrogen) atoms. The van der Waals surface area contributed by atoms with Gasteiger partial charge in [0, 0.05) is 28.6 Å². The van der Waals surface area contributed by atoms with E-state index in [4.69, 9.17) is 23.2 Å². The van der Waals surface area contributed by atoms with Crippen LogP contribution in [0, 0.1) is 0 Å². The molecule has 3 aromatic carbocycles. The van der Waals surface area contributed by atoms with Crippen LogP contribution in [0.2, 0.25) is 10.0 Å². The molecular weight excluding hydrogens is 459 g/mol. The summed E-state index contributed by atoms with van der Waals surface area (Å²) in [5, 5.41) is 3.76. The van der Waals surface area contributed by atoms with Crippen molar-refractivity contribution in [3.8, 4) is 11.1 Å². The van der Waals surface area contributed by atoms with Crippen molar-refractivity contribution in [3.63, 3.8) is 0 Å². The first-order valence-electron chi connectivity index (χ1n) is 10.7. The smallest absolute Gasteiger partial charge is 0.307 e. The van der Waals surface area contributed by atoms with Crippen molar-refractivity contribution in [2.75, 3.05) is 5.32 Å². The van der Waals surface area contributed by atoms with Gasteiger partial charge in [-0.25, -0.2) is 4.79 Å². The molecule has 1 atom stereocenters. The lowest BCUT2D eigenvalue weighted by Crippen LogP contribution is -2.45. The number of likely N-dealkylation sites (tertiary alicyclic amines) is 1. The molecule has 7 heteroatoms. The summed E-state index contributed by atoms with van der Waals surface area (Å²) in [4.78, 5) is 39.2. The molecule has 1 aliphatic heterocycles. The van der Waals surface area contributed by atoms with Gasteiger partial charge in [0.2, 0.25) is 5.91 Å². The van der Waals surface area contributed by atoms with Crippen molar-refractivity contribution in [1.82, 2.24) is 4.90 Å². The summed E-state index contributed by atoms with van der Waals surface area (Å²) in [5.41, 5.74) is 3.43. The zero-order chi connectivity index (χ0) is 23.4. The van der Waals surface area contributed by atoms with E-state index in [-0.39, 0.29) is 24.5 Å². The van der Waals surface area contributed by atoms with E-state index in [2.05, 4.69) is 5.32 Å². The van der Waals surface area contributed by atoms with Gasteiger partial charge in [0.15, 0.2) is 5.78 Å². The Balaban J connectivity index is 1.40. The van der Waals surface area contributed by atoms with Crippen LogP contribution in [0.4, 0.5) is 10.5 Å². The number of halogens is 2. The topological polar surface area (TPSA) is 66.5 Å². The van der Waals surface area contributed by atoms with Gasteiger partial charge in [0.25, 0.3) is 0 Å². The lowest BCUT2D eigenvalue weighted by molar-refractivity contribution is -0.131. The minimum Gasteiger partial charge on any atom is -0.307 e. The number of ketones is 1. The van der Waals surface area contributed by atoms with Gasteiger partial charge in [-0.1, -0.05) is 71.7 Å². The molecule has 0 saturated carbocycles. The molecule has 0 radical (unpaired) electrons. The molecule has 1 fully saturated rings. The zero-order valence-electron chi connectivity index (χ0n) is 17.8. The number of urea groups is 1. The van der Waals surface area contributed by atoms with Gasteiger partial charge in [0.1, 0.15) is 6.04 Å². The number of aryl methyl sites for hydroxylation is 1. The second-order valence-electron chi connectivity index (χ2n) is 7.89. The van der Waals surface area contributed by atoms with Crippen LogP contribution in [-0.4, -0.2) is 28.7 Å². The molecule has 0 aliphatic carbocycles. The number of hydrogen-bond donors (Lipinski definition) is 1. The normalized spacial score (nSPS) is 15.5. The standard InChI is InChI=1S/C26H22Cl2N2O3/c27-20-10-6-19(22(28)16-20)9-14-24(31)23-13-15-25(32)30(23)26(33)29-21-11-7-18(8-12-21)17-4-2-1-3-5-17/h1-8,10-12,16,23H,9,13-15H2,(H,29,33)/t23-/m0/s1. The molecule has 3 amide bonds. The molecular formula is C26H22Cl2N2O3. The molecule has 0 aromatic heterocycles. The Morgan fingerprint density at radius 2 is 1.64 bits per heavy atom. The van der Waals surface area contributed by atoms with Crippen molar-refractivity contribution in [1.29, 1.82) is 0 Å². The first-order valence-corrected chi connectivity index (χ1v) is 11.4. The third-order valence-corrected chi connectivity index (χ3v) is 6.29. The second kappa shape index (κ2) is 10.2. The van der Waals surface area contributed by atoms with Gasteiger partial charge < -0.3 is 5.32 Å². The summed E-state index contributed by atoms with van der Waals surface area (Å²) in [7, 11) is 0. The van der Waals surface area contributed by atoms with Gasteiger partial charge in [-0.3, -0.25) is 14.5 Å². The highest BCUT2D eigenvalue weighted by Gasteiger charge is 2.39. The monoisotopic (exact) mass is 480 g/mol.